The van der Waals surface area contributed by atoms with Gasteiger partial charge in [0.2, 0.25) is 15.9 Å². The number of carbonyl (C=O) groups excluding carboxylic acids is 3. The number of nitrogens with zero attached hydrogens (tertiary/aromatic N) is 3. The van der Waals surface area contributed by atoms with Gasteiger partial charge in [-0.15, -0.1) is 10.2 Å². The molecule has 2 saturated heterocycles. The van der Waals surface area contributed by atoms with E-state index in [0.29, 0.717) is 31.7 Å². The van der Waals surface area contributed by atoms with E-state index in [1.165, 1.54) is 0 Å². The van der Waals surface area contributed by atoms with Crippen molar-refractivity contribution in [2.24, 2.45) is 5.92 Å². The van der Waals surface area contributed by atoms with Crippen molar-refractivity contribution in [2.75, 3.05) is 31.6 Å². The molecule has 0 saturated carbocycles. The SMILES string of the molecule is Cc1ccc(NC(=O)c2nnc(C(=O)N3CCC(CC(=O)NCC4CCCO4)CC3)s2)cc1. The molecule has 0 bridgehead atoms. The van der Waals surface area contributed by atoms with Crippen LogP contribution in [-0.2, 0) is 9.53 Å². The van der Waals surface area contributed by atoms with E-state index in [9.17, 15) is 14.4 Å². The van der Waals surface area contributed by atoms with Crippen molar-refractivity contribution in [2.45, 2.75) is 45.1 Å². The Kier molecular flexibility index (Phi) is 7.66. The minimum atomic E-state index is -0.386. The van der Waals surface area contributed by atoms with Crippen molar-refractivity contribution in [3.05, 3.63) is 39.8 Å². The van der Waals surface area contributed by atoms with E-state index in [1.54, 1.807) is 4.90 Å². The van der Waals surface area contributed by atoms with Crippen LogP contribution in [0.15, 0.2) is 24.3 Å². The highest BCUT2D eigenvalue weighted by Gasteiger charge is 2.28. The second-order valence-corrected chi connectivity index (χ2v) is 9.59. The second-order valence-electron chi connectivity index (χ2n) is 8.61. The van der Waals surface area contributed by atoms with Gasteiger partial charge in [-0.3, -0.25) is 14.4 Å². The zero-order valence-corrected chi connectivity index (χ0v) is 19.5. The highest BCUT2D eigenvalue weighted by atomic mass is 32.1. The number of hydrogen-bond acceptors (Lipinski definition) is 7. The fourth-order valence-electron chi connectivity index (χ4n) is 4.07. The third kappa shape index (κ3) is 6.35. The highest BCUT2D eigenvalue weighted by Crippen LogP contribution is 2.23. The molecule has 0 aliphatic carbocycles. The summed E-state index contributed by atoms with van der Waals surface area (Å²) in [5, 5.41) is 13.9. The molecule has 1 atom stereocenters. The summed E-state index contributed by atoms with van der Waals surface area (Å²) in [4.78, 5) is 39.2. The maximum Gasteiger partial charge on any atom is 0.286 e. The maximum atomic E-state index is 12.8. The van der Waals surface area contributed by atoms with Gasteiger partial charge in [-0.1, -0.05) is 29.0 Å². The average molecular weight is 472 g/mol. The molecule has 1 aromatic carbocycles. The molecular weight excluding hydrogens is 442 g/mol. The Labute approximate surface area is 196 Å². The summed E-state index contributed by atoms with van der Waals surface area (Å²) in [5.74, 6) is -0.307. The van der Waals surface area contributed by atoms with Gasteiger partial charge in [-0.2, -0.15) is 0 Å². The normalized spacial score (nSPS) is 18.8. The van der Waals surface area contributed by atoms with Gasteiger partial charge in [-0.25, -0.2) is 0 Å². The number of ether oxygens (including phenoxy) is 1. The number of aromatic nitrogens is 2. The molecule has 1 aromatic heterocycles. The summed E-state index contributed by atoms with van der Waals surface area (Å²) in [6.45, 7) is 4.45. The number of carbonyl (C=O) groups is 3. The van der Waals surface area contributed by atoms with Crippen LogP contribution in [0.4, 0.5) is 5.69 Å². The Bertz CT molecular complexity index is 979. The van der Waals surface area contributed by atoms with Crippen LogP contribution in [0.25, 0.3) is 0 Å². The van der Waals surface area contributed by atoms with E-state index >= 15 is 0 Å². The van der Waals surface area contributed by atoms with Crippen molar-refractivity contribution in [1.29, 1.82) is 0 Å². The summed E-state index contributed by atoms with van der Waals surface area (Å²) < 4.78 is 5.53. The molecular formula is C23H29N5O4S. The number of nitrogens with one attached hydrogen (secondary N) is 2. The van der Waals surface area contributed by atoms with E-state index in [0.717, 1.165) is 49.2 Å². The largest absolute Gasteiger partial charge is 0.376 e. The molecule has 0 spiro atoms. The quantitative estimate of drug-likeness (QED) is 0.642. The fraction of sp³-hybridized carbons (Fsp3) is 0.522. The maximum absolute atomic E-state index is 12.8. The van der Waals surface area contributed by atoms with Gasteiger partial charge in [0, 0.05) is 38.3 Å². The summed E-state index contributed by atoms with van der Waals surface area (Å²) in [7, 11) is 0. The molecule has 3 heterocycles. The van der Waals surface area contributed by atoms with Gasteiger partial charge in [0.05, 0.1) is 6.10 Å². The van der Waals surface area contributed by atoms with E-state index in [1.807, 2.05) is 31.2 Å². The Morgan fingerprint density at radius 2 is 1.82 bits per heavy atom. The minimum Gasteiger partial charge on any atom is -0.376 e. The smallest absolute Gasteiger partial charge is 0.286 e. The molecule has 2 aliphatic heterocycles. The molecule has 2 N–H and O–H groups in total. The number of rotatable bonds is 7. The summed E-state index contributed by atoms with van der Waals surface area (Å²) in [6.07, 6.45) is 4.19. The molecule has 2 fully saturated rings. The third-order valence-corrected chi connectivity index (χ3v) is 6.95. The van der Waals surface area contributed by atoms with Crippen LogP contribution < -0.4 is 10.6 Å². The van der Waals surface area contributed by atoms with Gasteiger partial charge in [0.1, 0.15) is 0 Å². The molecule has 4 rings (SSSR count). The van der Waals surface area contributed by atoms with E-state index in [-0.39, 0.29) is 39.8 Å². The number of anilines is 1. The van der Waals surface area contributed by atoms with Gasteiger partial charge in [-0.05, 0) is 50.7 Å². The number of benzene rings is 1. The fourth-order valence-corrected chi connectivity index (χ4v) is 4.77. The lowest BCUT2D eigenvalue weighted by molar-refractivity contribution is -0.122. The lowest BCUT2D eigenvalue weighted by Crippen LogP contribution is -2.40. The predicted molar refractivity (Wildman–Crippen MR) is 124 cm³/mol. The van der Waals surface area contributed by atoms with Crippen molar-refractivity contribution in [3.8, 4) is 0 Å². The van der Waals surface area contributed by atoms with Crippen molar-refractivity contribution in [3.63, 3.8) is 0 Å². The molecule has 3 amide bonds. The van der Waals surface area contributed by atoms with Crippen molar-refractivity contribution >= 4 is 34.7 Å². The first-order valence-electron chi connectivity index (χ1n) is 11.4. The van der Waals surface area contributed by atoms with Crippen LogP contribution in [0.1, 0.15) is 57.3 Å². The lowest BCUT2D eigenvalue weighted by Gasteiger charge is -2.31. The van der Waals surface area contributed by atoms with Gasteiger partial charge >= 0.3 is 0 Å². The molecule has 0 radical (unpaired) electrons. The summed E-state index contributed by atoms with van der Waals surface area (Å²) in [5.41, 5.74) is 1.76. The van der Waals surface area contributed by atoms with E-state index < -0.39 is 0 Å². The molecule has 33 heavy (non-hydrogen) atoms. The number of amides is 3. The Morgan fingerprint density at radius 1 is 1.09 bits per heavy atom. The number of hydrogen-bond donors (Lipinski definition) is 2. The molecule has 1 unspecified atom stereocenters. The minimum absolute atomic E-state index is 0.0450. The second kappa shape index (κ2) is 10.8. The van der Waals surface area contributed by atoms with Crippen molar-refractivity contribution in [1.82, 2.24) is 20.4 Å². The molecule has 9 nitrogen and oxygen atoms in total. The van der Waals surface area contributed by atoms with Gasteiger partial charge in [0.25, 0.3) is 11.8 Å². The third-order valence-electron chi connectivity index (χ3n) is 6.04. The molecule has 2 aromatic rings. The van der Waals surface area contributed by atoms with Crippen LogP contribution in [0.5, 0.6) is 0 Å². The predicted octanol–water partition coefficient (Wildman–Crippen LogP) is 2.64. The van der Waals surface area contributed by atoms with Crippen molar-refractivity contribution < 1.29 is 19.1 Å². The summed E-state index contributed by atoms with van der Waals surface area (Å²) in [6, 6.07) is 7.43. The van der Waals surface area contributed by atoms with E-state index in [4.69, 9.17) is 4.74 Å². The zero-order chi connectivity index (χ0) is 23.2. The first kappa shape index (κ1) is 23.3. The zero-order valence-electron chi connectivity index (χ0n) is 18.7. The lowest BCUT2D eigenvalue weighted by atomic mass is 9.93. The summed E-state index contributed by atoms with van der Waals surface area (Å²) >= 11 is 0.994. The Hall–Kier alpha value is -2.85. The van der Waals surface area contributed by atoms with Crippen LogP contribution in [0, 0.1) is 12.8 Å². The number of likely N-dealkylation sites (tertiary alicyclic amines) is 1. The Morgan fingerprint density at radius 3 is 2.52 bits per heavy atom. The molecule has 2 aliphatic rings. The van der Waals surface area contributed by atoms with Crippen LogP contribution in [0.3, 0.4) is 0 Å². The standard InChI is InChI=1S/C23H29N5O4S/c1-15-4-6-17(7-5-15)25-20(30)21-26-27-22(33-21)23(31)28-10-8-16(9-11-28)13-19(29)24-14-18-3-2-12-32-18/h4-7,16,18H,2-3,8-14H2,1H3,(H,24,29)(H,25,30). The van der Waals surface area contributed by atoms with Crippen LogP contribution in [0.2, 0.25) is 0 Å². The molecule has 176 valence electrons. The van der Waals surface area contributed by atoms with Gasteiger partial charge in [0.15, 0.2) is 0 Å². The number of piperidine rings is 1. The highest BCUT2D eigenvalue weighted by molar-refractivity contribution is 7.15. The topological polar surface area (TPSA) is 114 Å². The van der Waals surface area contributed by atoms with Crippen LogP contribution >= 0.6 is 11.3 Å². The van der Waals surface area contributed by atoms with Crippen LogP contribution in [-0.4, -0.2) is 65.2 Å². The first-order chi connectivity index (χ1) is 16.0. The number of aryl methyl sites for hydroxylation is 1. The van der Waals surface area contributed by atoms with E-state index in [2.05, 4.69) is 20.8 Å². The monoisotopic (exact) mass is 471 g/mol. The van der Waals surface area contributed by atoms with Gasteiger partial charge < -0.3 is 20.3 Å². The molecule has 10 heteroatoms. The Balaban J connectivity index is 1.22. The average Bonchev–Trinajstić information content (AvgIpc) is 3.52. The first-order valence-corrected chi connectivity index (χ1v) is 12.2.